The predicted octanol–water partition coefficient (Wildman–Crippen LogP) is 2.46. The lowest BCUT2D eigenvalue weighted by Crippen LogP contribution is -2.05. The van der Waals surface area contributed by atoms with Crippen molar-refractivity contribution in [1.29, 1.82) is 0 Å². The lowest BCUT2D eigenvalue weighted by atomic mass is 10.1. The number of nitrogens with zero attached hydrogens (tertiary/aromatic N) is 3. The molecule has 0 aliphatic carbocycles. The lowest BCUT2D eigenvalue weighted by molar-refractivity contribution is 0.0227. The fraction of sp³-hybridized carbons (Fsp3) is 0.308. The third kappa shape index (κ3) is 3.34. The van der Waals surface area contributed by atoms with Crippen molar-refractivity contribution < 1.29 is 9.47 Å². The number of hydrogen-bond donors (Lipinski definition) is 1. The van der Waals surface area contributed by atoms with E-state index >= 15 is 0 Å². The molecule has 2 N–H and O–H groups in total. The molecule has 2 aromatic rings. The fourth-order valence-corrected chi connectivity index (χ4v) is 2.00. The van der Waals surface area contributed by atoms with Gasteiger partial charge in [-0.3, -0.25) is 0 Å². The molecule has 1 aromatic heterocycles. The van der Waals surface area contributed by atoms with Crippen molar-refractivity contribution >= 4 is 17.5 Å². The minimum absolute atomic E-state index is 0.122. The van der Waals surface area contributed by atoms with Gasteiger partial charge in [-0.1, -0.05) is 11.6 Å². The third-order valence-corrected chi connectivity index (χ3v) is 2.82. The van der Waals surface area contributed by atoms with Gasteiger partial charge in [0.1, 0.15) is 11.4 Å². The van der Waals surface area contributed by atoms with Gasteiger partial charge in [-0.15, -0.1) is 10.2 Å². The zero-order chi connectivity index (χ0) is 14.5. The second kappa shape index (κ2) is 6.49. The van der Waals surface area contributed by atoms with Gasteiger partial charge < -0.3 is 15.2 Å². The van der Waals surface area contributed by atoms with Crippen LogP contribution in [0.1, 0.15) is 12.5 Å². The fourth-order valence-electron chi connectivity index (χ4n) is 1.74. The standard InChI is InChI=1S/C13H15ClN4O2/c1-3-19-7-20-11-5-9(14)4-8(2)12(11)10-6-16-13(15)18-17-10/h4-6H,3,7H2,1-2H3,(H2,15,16,18). The highest BCUT2D eigenvalue weighted by Gasteiger charge is 2.14. The summed E-state index contributed by atoms with van der Waals surface area (Å²) in [7, 11) is 0. The first-order valence-electron chi connectivity index (χ1n) is 6.08. The quantitative estimate of drug-likeness (QED) is 0.673. The highest BCUT2D eigenvalue weighted by atomic mass is 35.5. The monoisotopic (exact) mass is 294 g/mol. The first-order chi connectivity index (χ1) is 9.61. The van der Waals surface area contributed by atoms with Crippen molar-refractivity contribution in [2.75, 3.05) is 19.1 Å². The molecule has 20 heavy (non-hydrogen) atoms. The van der Waals surface area contributed by atoms with E-state index in [4.69, 9.17) is 26.8 Å². The zero-order valence-electron chi connectivity index (χ0n) is 11.3. The third-order valence-electron chi connectivity index (χ3n) is 2.60. The molecule has 0 aliphatic heterocycles. The lowest BCUT2D eigenvalue weighted by Gasteiger charge is -2.13. The number of nitrogen functional groups attached to an aromatic ring is 1. The van der Waals surface area contributed by atoms with Crippen LogP contribution in [0.2, 0.25) is 5.02 Å². The van der Waals surface area contributed by atoms with Crippen molar-refractivity contribution in [2.45, 2.75) is 13.8 Å². The van der Waals surface area contributed by atoms with Crippen LogP contribution in [0.15, 0.2) is 18.3 Å². The van der Waals surface area contributed by atoms with Gasteiger partial charge in [-0.2, -0.15) is 0 Å². The Kier molecular flexibility index (Phi) is 4.70. The van der Waals surface area contributed by atoms with Crippen LogP contribution in [0.5, 0.6) is 5.75 Å². The first kappa shape index (κ1) is 14.5. The summed E-state index contributed by atoms with van der Waals surface area (Å²) in [6.07, 6.45) is 1.55. The van der Waals surface area contributed by atoms with E-state index in [0.29, 0.717) is 23.1 Å². The molecule has 6 nitrogen and oxygen atoms in total. The number of ether oxygens (including phenoxy) is 2. The maximum absolute atomic E-state index is 6.06. The normalized spacial score (nSPS) is 10.6. The van der Waals surface area contributed by atoms with Gasteiger partial charge in [-0.05, 0) is 31.5 Å². The molecule has 0 saturated heterocycles. The number of benzene rings is 1. The molecule has 0 spiro atoms. The number of aryl methyl sites for hydroxylation is 1. The first-order valence-corrected chi connectivity index (χ1v) is 6.46. The van der Waals surface area contributed by atoms with Crippen LogP contribution < -0.4 is 10.5 Å². The molecule has 2 rings (SSSR count). The van der Waals surface area contributed by atoms with Gasteiger partial charge in [0.05, 0.1) is 6.20 Å². The maximum atomic E-state index is 6.06. The maximum Gasteiger partial charge on any atom is 0.240 e. The average Bonchev–Trinajstić information content (AvgIpc) is 2.40. The van der Waals surface area contributed by atoms with Crippen molar-refractivity contribution in [3.8, 4) is 17.0 Å². The zero-order valence-corrected chi connectivity index (χ0v) is 12.0. The van der Waals surface area contributed by atoms with E-state index in [-0.39, 0.29) is 12.7 Å². The summed E-state index contributed by atoms with van der Waals surface area (Å²) >= 11 is 6.06. The number of anilines is 1. The van der Waals surface area contributed by atoms with E-state index < -0.39 is 0 Å². The van der Waals surface area contributed by atoms with Crippen LogP contribution >= 0.6 is 11.6 Å². The minimum Gasteiger partial charge on any atom is -0.467 e. The van der Waals surface area contributed by atoms with E-state index in [1.807, 2.05) is 19.9 Å². The van der Waals surface area contributed by atoms with E-state index in [1.54, 1.807) is 12.3 Å². The Hall–Kier alpha value is -1.92. The summed E-state index contributed by atoms with van der Waals surface area (Å²) in [4.78, 5) is 3.94. The van der Waals surface area contributed by atoms with E-state index in [9.17, 15) is 0 Å². The summed E-state index contributed by atoms with van der Waals surface area (Å²) in [5.41, 5.74) is 7.70. The van der Waals surface area contributed by atoms with Crippen LogP contribution in [0.4, 0.5) is 5.95 Å². The molecule has 0 fully saturated rings. The van der Waals surface area contributed by atoms with E-state index in [1.165, 1.54) is 0 Å². The van der Waals surface area contributed by atoms with Crippen LogP contribution in [-0.4, -0.2) is 28.6 Å². The van der Waals surface area contributed by atoms with Crippen molar-refractivity contribution in [1.82, 2.24) is 15.2 Å². The Morgan fingerprint density at radius 1 is 1.30 bits per heavy atom. The molecule has 0 atom stereocenters. The molecule has 1 aromatic carbocycles. The molecule has 0 unspecified atom stereocenters. The van der Waals surface area contributed by atoms with Crippen molar-refractivity contribution in [3.63, 3.8) is 0 Å². The van der Waals surface area contributed by atoms with Crippen molar-refractivity contribution in [3.05, 3.63) is 28.9 Å². The highest BCUT2D eigenvalue weighted by Crippen LogP contribution is 2.34. The van der Waals surface area contributed by atoms with Crippen LogP contribution in [0.25, 0.3) is 11.3 Å². The smallest absolute Gasteiger partial charge is 0.240 e. The largest absolute Gasteiger partial charge is 0.467 e. The van der Waals surface area contributed by atoms with Gasteiger partial charge in [0.15, 0.2) is 6.79 Å². The SMILES string of the molecule is CCOCOc1cc(Cl)cc(C)c1-c1cnc(N)nn1. The van der Waals surface area contributed by atoms with Crippen LogP contribution in [0, 0.1) is 6.92 Å². The van der Waals surface area contributed by atoms with E-state index in [0.717, 1.165) is 11.1 Å². The second-order valence-corrected chi connectivity index (χ2v) is 4.49. The summed E-state index contributed by atoms with van der Waals surface area (Å²) < 4.78 is 10.8. The Labute approximate surface area is 121 Å². The summed E-state index contributed by atoms with van der Waals surface area (Å²) in [6.45, 7) is 4.51. The number of rotatable bonds is 5. The van der Waals surface area contributed by atoms with Crippen LogP contribution in [0.3, 0.4) is 0 Å². The van der Waals surface area contributed by atoms with Crippen LogP contribution in [-0.2, 0) is 4.74 Å². The number of hydrogen-bond acceptors (Lipinski definition) is 6. The van der Waals surface area contributed by atoms with Crippen molar-refractivity contribution in [2.24, 2.45) is 0 Å². The molecule has 1 heterocycles. The molecular formula is C13H15ClN4O2. The highest BCUT2D eigenvalue weighted by molar-refractivity contribution is 6.31. The van der Waals surface area contributed by atoms with Gasteiger partial charge >= 0.3 is 0 Å². The Balaban J connectivity index is 2.41. The van der Waals surface area contributed by atoms with Gasteiger partial charge in [0.2, 0.25) is 5.95 Å². The van der Waals surface area contributed by atoms with Gasteiger partial charge in [-0.25, -0.2) is 4.98 Å². The van der Waals surface area contributed by atoms with Gasteiger partial charge in [0.25, 0.3) is 0 Å². The van der Waals surface area contributed by atoms with E-state index in [2.05, 4.69) is 15.2 Å². The summed E-state index contributed by atoms with van der Waals surface area (Å²) in [5, 5.41) is 8.36. The number of nitrogens with two attached hydrogens (primary N) is 1. The summed E-state index contributed by atoms with van der Waals surface area (Å²) in [6, 6.07) is 3.53. The second-order valence-electron chi connectivity index (χ2n) is 4.05. The Bertz CT molecular complexity index is 590. The molecule has 0 aliphatic rings. The number of halogens is 1. The molecular weight excluding hydrogens is 280 g/mol. The predicted molar refractivity (Wildman–Crippen MR) is 76.5 cm³/mol. The molecule has 106 valence electrons. The number of aromatic nitrogens is 3. The minimum atomic E-state index is 0.122. The molecule has 0 saturated carbocycles. The topological polar surface area (TPSA) is 83.2 Å². The van der Waals surface area contributed by atoms with Gasteiger partial charge in [0, 0.05) is 17.2 Å². The Morgan fingerprint density at radius 2 is 2.10 bits per heavy atom. The molecule has 7 heteroatoms. The Morgan fingerprint density at radius 3 is 2.75 bits per heavy atom. The molecule has 0 radical (unpaired) electrons. The molecule has 0 amide bonds. The summed E-state index contributed by atoms with van der Waals surface area (Å²) in [5.74, 6) is 0.696. The molecule has 0 bridgehead atoms. The average molecular weight is 295 g/mol.